The first kappa shape index (κ1) is 24.8. The number of sulfonamides is 1. The summed E-state index contributed by atoms with van der Waals surface area (Å²) in [6, 6.07) is 0.180. The quantitative estimate of drug-likeness (QED) is 0.616. The molecule has 0 N–H and O–H groups in total. The first-order valence-corrected chi connectivity index (χ1v) is 14.5. The van der Waals surface area contributed by atoms with Gasteiger partial charge in [-0.2, -0.15) is 4.31 Å². The van der Waals surface area contributed by atoms with Gasteiger partial charge in [0, 0.05) is 32.1 Å². The van der Waals surface area contributed by atoms with Gasteiger partial charge in [0.25, 0.3) is 0 Å². The highest BCUT2D eigenvalue weighted by molar-refractivity contribution is 7.88. The molecule has 7 atom stereocenters. The van der Waals surface area contributed by atoms with E-state index in [4.69, 9.17) is 4.74 Å². The third-order valence-corrected chi connectivity index (χ3v) is 9.92. The predicted molar refractivity (Wildman–Crippen MR) is 126 cm³/mol. The molecule has 2 amide bonds. The van der Waals surface area contributed by atoms with E-state index in [2.05, 4.69) is 0 Å². The molecule has 2 heterocycles. The number of hydrogen-bond donors (Lipinski definition) is 0. The van der Waals surface area contributed by atoms with Gasteiger partial charge < -0.3 is 14.5 Å². The molecule has 0 bridgehead atoms. The van der Waals surface area contributed by atoms with Crippen molar-refractivity contribution >= 4 is 22.0 Å². The molecule has 6 unspecified atom stereocenters. The Kier molecular flexibility index (Phi) is 7.03. The second kappa shape index (κ2) is 9.36. The molecule has 8 nitrogen and oxygen atoms in total. The number of ether oxygens (including phenoxy) is 1. The van der Waals surface area contributed by atoms with Crippen LogP contribution in [-0.4, -0.2) is 84.1 Å². The molecule has 9 heteroatoms. The summed E-state index contributed by atoms with van der Waals surface area (Å²) < 4.78 is 31.6. The van der Waals surface area contributed by atoms with Crippen molar-refractivity contribution in [1.29, 1.82) is 0 Å². The van der Waals surface area contributed by atoms with Crippen LogP contribution in [0.1, 0.15) is 72.6 Å². The van der Waals surface area contributed by atoms with Gasteiger partial charge >= 0.3 is 6.09 Å². The normalized spacial score (nSPS) is 37.6. The smallest absolute Gasteiger partial charge is 0.410 e. The van der Waals surface area contributed by atoms with Gasteiger partial charge in [-0.05, 0) is 83.5 Å². The van der Waals surface area contributed by atoms with E-state index in [0.29, 0.717) is 30.8 Å². The van der Waals surface area contributed by atoms with Crippen molar-refractivity contribution in [1.82, 2.24) is 14.1 Å². The van der Waals surface area contributed by atoms with Crippen LogP contribution < -0.4 is 0 Å². The van der Waals surface area contributed by atoms with Crippen molar-refractivity contribution < 1.29 is 22.7 Å². The van der Waals surface area contributed by atoms with Gasteiger partial charge in [-0.3, -0.25) is 4.79 Å². The maximum Gasteiger partial charge on any atom is 0.410 e. The molecule has 0 aromatic rings. The minimum absolute atomic E-state index is 0.0103. The second-order valence-corrected chi connectivity index (χ2v) is 13.1. The fourth-order valence-corrected chi connectivity index (χ4v) is 8.59. The average Bonchev–Trinajstić information content (AvgIpc) is 3.15. The van der Waals surface area contributed by atoms with Crippen LogP contribution in [0.2, 0.25) is 0 Å². The van der Waals surface area contributed by atoms with Gasteiger partial charge in [0.15, 0.2) is 0 Å². The Labute approximate surface area is 199 Å². The summed E-state index contributed by atoms with van der Waals surface area (Å²) in [5.41, 5.74) is 0. The van der Waals surface area contributed by atoms with Crippen molar-refractivity contribution in [3.8, 4) is 0 Å². The third-order valence-electron chi connectivity index (χ3n) is 8.62. The highest BCUT2D eigenvalue weighted by Crippen LogP contribution is 2.47. The summed E-state index contributed by atoms with van der Waals surface area (Å²) in [6.07, 6.45) is 7.75. The molecule has 0 aromatic heterocycles. The van der Waals surface area contributed by atoms with E-state index in [0.717, 1.165) is 44.9 Å². The number of nitrogens with zero attached hydrogens (tertiary/aromatic N) is 3. The Hall–Kier alpha value is -1.35. The minimum Gasteiger partial charge on any atom is -0.447 e. The highest BCUT2D eigenvalue weighted by Gasteiger charge is 2.50. The Bertz CT molecular complexity index is 862. The van der Waals surface area contributed by atoms with Crippen LogP contribution in [-0.2, 0) is 19.6 Å². The predicted octanol–water partition coefficient (Wildman–Crippen LogP) is 3.07. The number of hydrogen-bond acceptors (Lipinski definition) is 5. The van der Waals surface area contributed by atoms with Crippen molar-refractivity contribution in [3.63, 3.8) is 0 Å². The molecule has 33 heavy (non-hydrogen) atoms. The molecular formula is C24H41N3O5S. The maximum atomic E-state index is 13.0. The fourth-order valence-electron chi connectivity index (χ4n) is 7.38. The lowest BCUT2D eigenvalue weighted by Gasteiger charge is -2.54. The molecule has 0 spiro atoms. The van der Waals surface area contributed by atoms with Crippen LogP contribution in [0.3, 0.4) is 0 Å². The highest BCUT2D eigenvalue weighted by atomic mass is 32.2. The first-order chi connectivity index (χ1) is 15.5. The van der Waals surface area contributed by atoms with E-state index in [1.54, 1.807) is 11.2 Å². The summed E-state index contributed by atoms with van der Waals surface area (Å²) >= 11 is 0. The van der Waals surface area contributed by atoms with Gasteiger partial charge in [-0.25, -0.2) is 13.2 Å². The molecular weight excluding hydrogens is 442 g/mol. The van der Waals surface area contributed by atoms with Crippen LogP contribution in [0.15, 0.2) is 0 Å². The lowest BCUT2D eigenvalue weighted by molar-refractivity contribution is -0.142. The monoisotopic (exact) mass is 483 g/mol. The zero-order chi connectivity index (χ0) is 24.1. The molecule has 4 rings (SSSR count). The number of amides is 2. The van der Waals surface area contributed by atoms with E-state index >= 15 is 0 Å². The summed E-state index contributed by atoms with van der Waals surface area (Å²) in [5, 5.41) is 0. The van der Waals surface area contributed by atoms with Gasteiger partial charge in [-0.1, -0.05) is 0 Å². The fraction of sp³-hybridized carbons (Fsp3) is 0.917. The molecule has 0 aromatic carbocycles. The number of piperazine rings is 1. The number of fused-ring (bicyclic) bond motifs is 2. The summed E-state index contributed by atoms with van der Waals surface area (Å²) in [4.78, 5) is 29.4. The Morgan fingerprint density at radius 3 is 2.15 bits per heavy atom. The van der Waals surface area contributed by atoms with Crippen LogP contribution in [0, 0.1) is 17.8 Å². The Morgan fingerprint density at radius 2 is 1.55 bits per heavy atom. The van der Waals surface area contributed by atoms with E-state index in [1.807, 2.05) is 30.6 Å². The Morgan fingerprint density at radius 1 is 0.909 bits per heavy atom. The maximum absolute atomic E-state index is 13.0. The lowest BCUT2D eigenvalue weighted by Crippen LogP contribution is -2.67. The largest absolute Gasteiger partial charge is 0.447 e. The van der Waals surface area contributed by atoms with E-state index in [1.165, 1.54) is 6.26 Å². The van der Waals surface area contributed by atoms with Crippen molar-refractivity contribution in [2.45, 2.75) is 103 Å². The van der Waals surface area contributed by atoms with Gasteiger partial charge in [0.1, 0.15) is 0 Å². The first-order valence-electron chi connectivity index (χ1n) is 12.7. The molecule has 2 saturated heterocycles. The summed E-state index contributed by atoms with van der Waals surface area (Å²) in [7, 11) is -3.14. The summed E-state index contributed by atoms with van der Waals surface area (Å²) in [6.45, 7) is 8.56. The van der Waals surface area contributed by atoms with E-state index < -0.39 is 10.0 Å². The molecule has 4 aliphatic rings. The van der Waals surface area contributed by atoms with Crippen molar-refractivity contribution in [2.75, 3.05) is 19.3 Å². The van der Waals surface area contributed by atoms with Gasteiger partial charge in [0.05, 0.1) is 24.4 Å². The molecule has 2 saturated carbocycles. The minimum atomic E-state index is -3.14. The Balaban J connectivity index is 1.49. The molecule has 4 fully saturated rings. The SMILES string of the molecule is CC(=O)N1C2CCC(C3CCC4C(CCN4S(C)(=O)=O)C3)CC2N(C(=O)OC(C)C)C[C@@H]1C. The van der Waals surface area contributed by atoms with E-state index in [-0.39, 0.29) is 42.3 Å². The second-order valence-electron chi connectivity index (χ2n) is 11.1. The van der Waals surface area contributed by atoms with E-state index in [9.17, 15) is 18.0 Å². The summed E-state index contributed by atoms with van der Waals surface area (Å²) in [5.74, 6) is 1.58. The topological polar surface area (TPSA) is 87.2 Å². The van der Waals surface area contributed by atoms with Crippen LogP contribution in [0.5, 0.6) is 0 Å². The molecule has 188 valence electrons. The van der Waals surface area contributed by atoms with Crippen LogP contribution >= 0.6 is 0 Å². The van der Waals surface area contributed by atoms with Crippen LogP contribution in [0.4, 0.5) is 4.79 Å². The van der Waals surface area contributed by atoms with Crippen LogP contribution in [0.25, 0.3) is 0 Å². The number of rotatable bonds is 3. The molecule has 2 aliphatic heterocycles. The third kappa shape index (κ3) is 4.90. The van der Waals surface area contributed by atoms with Gasteiger partial charge in [0.2, 0.25) is 15.9 Å². The van der Waals surface area contributed by atoms with Gasteiger partial charge in [-0.15, -0.1) is 0 Å². The molecule has 0 radical (unpaired) electrons. The van der Waals surface area contributed by atoms with Crippen molar-refractivity contribution in [2.24, 2.45) is 17.8 Å². The zero-order valence-corrected chi connectivity index (χ0v) is 21.6. The average molecular weight is 484 g/mol. The van der Waals surface area contributed by atoms with Crippen molar-refractivity contribution in [3.05, 3.63) is 0 Å². The zero-order valence-electron chi connectivity index (χ0n) is 20.8. The number of carbonyl (C=O) groups excluding carboxylic acids is 2. The standard InChI is InChI=1S/C24H41N3O5S/c1-15(2)32-24(29)25-14-16(3)27(17(4)28)22-9-7-19(13-23(22)25)18-6-8-21-20(12-18)10-11-26(21)33(5,30)31/h15-16,18-23H,6-14H2,1-5H3/t16-,18?,19?,20?,21?,22?,23?/m0/s1. The molecule has 2 aliphatic carbocycles. The number of carbonyl (C=O) groups is 2. The lowest BCUT2D eigenvalue weighted by atomic mass is 9.66.